The number of carbonyl (C=O) groups is 3. The normalized spacial score (nSPS) is 12.7. The van der Waals surface area contributed by atoms with Crippen LogP contribution in [0.3, 0.4) is 0 Å². The average Bonchev–Trinajstić information content (AvgIpc) is 3.13. The van der Waals surface area contributed by atoms with Crippen molar-refractivity contribution >= 4 is 18.0 Å². The molecule has 0 radical (unpaired) electrons. The summed E-state index contributed by atoms with van der Waals surface area (Å²) in [6.45, 7) is 1.40. The number of rotatable bonds is 10. The molecule has 2 N–H and O–H groups in total. The van der Waals surface area contributed by atoms with E-state index in [-0.39, 0.29) is 19.1 Å². The standard InChI is InChI=1S/C26H28N2O5/c1-3-5-14-23(25(31)28(15-4-2)16-24(29)30)27-26(32)33-17-22-20-12-8-6-10-18(20)19-11-7-9-13-21(19)22/h2,6-13,22-23H,3,5,14-17H2,1H3,(H,27,32)(H,29,30). The van der Waals surface area contributed by atoms with Crippen molar-refractivity contribution in [3.63, 3.8) is 0 Å². The Bertz CT molecular complexity index is 1010. The molecule has 0 saturated carbocycles. The molecule has 0 heterocycles. The number of unbranched alkanes of at least 4 members (excludes halogenated alkanes) is 1. The van der Waals surface area contributed by atoms with Crippen LogP contribution in [0.15, 0.2) is 48.5 Å². The van der Waals surface area contributed by atoms with E-state index in [1.807, 2.05) is 43.3 Å². The van der Waals surface area contributed by atoms with Crippen LogP contribution in [0.25, 0.3) is 11.1 Å². The number of nitrogens with one attached hydrogen (secondary N) is 1. The van der Waals surface area contributed by atoms with Gasteiger partial charge in [-0.2, -0.15) is 0 Å². The third-order valence-electron chi connectivity index (χ3n) is 5.70. The van der Waals surface area contributed by atoms with Gasteiger partial charge in [-0.25, -0.2) is 4.79 Å². The molecule has 0 aromatic heterocycles. The molecular formula is C26H28N2O5. The summed E-state index contributed by atoms with van der Waals surface area (Å²) in [5, 5.41) is 11.7. The zero-order valence-electron chi connectivity index (χ0n) is 18.6. The van der Waals surface area contributed by atoms with Gasteiger partial charge in [0.25, 0.3) is 0 Å². The lowest BCUT2D eigenvalue weighted by Crippen LogP contribution is -2.50. The molecule has 0 saturated heterocycles. The number of aliphatic carboxylic acids is 1. The van der Waals surface area contributed by atoms with E-state index >= 15 is 0 Å². The van der Waals surface area contributed by atoms with Gasteiger partial charge in [-0.1, -0.05) is 74.2 Å². The molecule has 7 heteroatoms. The number of ether oxygens (including phenoxy) is 1. The number of hydrogen-bond donors (Lipinski definition) is 2. The van der Waals surface area contributed by atoms with Gasteiger partial charge in [0.2, 0.25) is 5.91 Å². The first-order valence-electron chi connectivity index (χ1n) is 11.0. The molecule has 2 aromatic rings. The molecule has 33 heavy (non-hydrogen) atoms. The van der Waals surface area contributed by atoms with Crippen LogP contribution in [0.5, 0.6) is 0 Å². The topological polar surface area (TPSA) is 95.9 Å². The molecule has 1 unspecified atom stereocenters. The lowest BCUT2D eigenvalue weighted by Gasteiger charge is -2.25. The smallest absolute Gasteiger partial charge is 0.407 e. The van der Waals surface area contributed by atoms with Gasteiger partial charge in [0, 0.05) is 5.92 Å². The van der Waals surface area contributed by atoms with Gasteiger partial charge in [-0.3, -0.25) is 9.59 Å². The second-order valence-corrected chi connectivity index (χ2v) is 7.96. The maximum absolute atomic E-state index is 12.9. The van der Waals surface area contributed by atoms with E-state index in [9.17, 15) is 14.4 Å². The number of amides is 2. The summed E-state index contributed by atoms with van der Waals surface area (Å²) in [7, 11) is 0. The van der Waals surface area contributed by atoms with Crippen LogP contribution in [0.4, 0.5) is 4.79 Å². The van der Waals surface area contributed by atoms with Crippen molar-refractivity contribution in [3.8, 4) is 23.5 Å². The molecule has 1 atom stereocenters. The Morgan fingerprint density at radius 2 is 1.73 bits per heavy atom. The highest BCUT2D eigenvalue weighted by Gasteiger charge is 2.30. The van der Waals surface area contributed by atoms with E-state index in [1.165, 1.54) is 0 Å². The predicted octanol–water partition coefficient (Wildman–Crippen LogP) is 3.63. The monoisotopic (exact) mass is 448 g/mol. The van der Waals surface area contributed by atoms with Gasteiger partial charge in [-0.05, 0) is 28.7 Å². The molecule has 0 spiro atoms. The largest absolute Gasteiger partial charge is 0.480 e. The summed E-state index contributed by atoms with van der Waals surface area (Å²) in [5.74, 6) is 0.496. The Hall–Kier alpha value is -3.79. The first kappa shape index (κ1) is 23.9. The Balaban J connectivity index is 1.69. The van der Waals surface area contributed by atoms with Gasteiger partial charge in [0.05, 0.1) is 6.54 Å². The van der Waals surface area contributed by atoms with Gasteiger partial charge in [0.15, 0.2) is 0 Å². The molecule has 1 aliphatic rings. The quantitative estimate of drug-likeness (QED) is 0.541. The van der Waals surface area contributed by atoms with Gasteiger partial charge < -0.3 is 20.1 Å². The van der Waals surface area contributed by atoms with Gasteiger partial charge in [0.1, 0.15) is 19.2 Å². The number of alkyl carbamates (subject to hydrolysis) is 1. The van der Waals surface area contributed by atoms with Crippen molar-refractivity contribution in [3.05, 3.63) is 59.7 Å². The number of terminal acetylenes is 1. The van der Waals surface area contributed by atoms with E-state index in [4.69, 9.17) is 16.3 Å². The summed E-state index contributed by atoms with van der Waals surface area (Å²) in [6, 6.07) is 15.1. The van der Waals surface area contributed by atoms with Crippen LogP contribution >= 0.6 is 0 Å². The predicted molar refractivity (Wildman–Crippen MR) is 125 cm³/mol. The Labute approximate surface area is 193 Å². The van der Waals surface area contributed by atoms with Crippen LogP contribution in [-0.2, 0) is 14.3 Å². The first-order chi connectivity index (χ1) is 16.0. The summed E-state index contributed by atoms with van der Waals surface area (Å²) >= 11 is 0. The molecule has 1 aliphatic carbocycles. The number of carboxylic acids is 1. The maximum atomic E-state index is 12.9. The minimum absolute atomic E-state index is 0.0992. The van der Waals surface area contributed by atoms with Crippen LogP contribution in [0.2, 0.25) is 0 Å². The second kappa shape index (κ2) is 11.2. The minimum Gasteiger partial charge on any atom is -0.480 e. The lowest BCUT2D eigenvalue weighted by atomic mass is 9.98. The molecule has 0 bridgehead atoms. The summed E-state index contributed by atoms with van der Waals surface area (Å²) in [5.41, 5.74) is 4.42. The SMILES string of the molecule is C#CCN(CC(=O)O)C(=O)C(CCCC)NC(=O)OCC1c2ccccc2-c2ccccc21. The van der Waals surface area contributed by atoms with Crippen molar-refractivity contribution in [2.45, 2.75) is 38.1 Å². The third kappa shape index (κ3) is 5.72. The maximum Gasteiger partial charge on any atom is 0.407 e. The Morgan fingerprint density at radius 3 is 2.27 bits per heavy atom. The van der Waals surface area contributed by atoms with Crippen molar-refractivity contribution in [2.75, 3.05) is 19.7 Å². The fourth-order valence-electron chi connectivity index (χ4n) is 4.15. The van der Waals surface area contributed by atoms with Crippen LogP contribution in [0.1, 0.15) is 43.2 Å². The highest BCUT2D eigenvalue weighted by molar-refractivity contribution is 5.88. The molecule has 2 amide bonds. The number of nitrogens with zero attached hydrogens (tertiary/aromatic N) is 1. The van der Waals surface area contributed by atoms with Crippen LogP contribution in [0, 0.1) is 12.3 Å². The highest BCUT2D eigenvalue weighted by Crippen LogP contribution is 2.44. The number of carboxylic acid groups (broad SMARTS) is 1. The second-order valence-electron chi connectivity index (χ2n) is 7.96. The molecular weight excluding hydrogens is 420 g/mol. The first-order valence-corrected chi connectivity index (χ1v) is 11.0. The fourth-order valence-corrected chi connectivity index (χ4v) is 4.15. The van der Waals surface area contributed by atoms with E-state index in [0.717, 1.165) is 33.6 Å². The van der Waals surface area contributed by atoms with Crippen molar-refractivity contribution < 1.29 is 24.2 Å². The number of benzene rings is 2. The lowest BCUT2D eigenvalue weighted by molar-refractivity contribution is -0.144. The Kier molecular flexibility index (Phi) is 8.09. The van der Waals surface area contributed by atoms with Crippen LogP contribution < -0.4 is 5.32 Å². The molecule has 0 aliphatic heterocycles. The minimum atomic E-state index is -1.17. The molecule has 3 rings (SSSR count). The summed E-state index contributed by atoms with van der Waals surface area (Å²) < 4.78 is 5.54. The average molecular weight is 449 g/mol. The summed E-state index contributed by atoms with van der Waals surface area (Å²) in [4.78, 5) is 37.7. The number of hydrogen-bond acceptors (Lipinski definition) is 4. The number of carbonyl (C=O) groups excluding carboxylic acids is 2. The van der Waals surface area contributed by atoms with Crippen molar-refractivity contribution in [1.82, 2.24) is 10.2 Å². The van der Waals surface area contributed by atoms with E-state index in [0.29, 0.717) is 12.8 Å². The van der Waals surface area contributed by atoms with Crippen molar-refractivity contribution in [2.24, 2.45) is 0 Å². The molecule has 172 valence electrons. The number of fused-ring (bicyclic) bond motifs is 3. The Morgan fingerprint density at radius 1 is 1.12 bits per heavy atom. The van der Waals surface area contributed by atoms with Gasteiger partial charge in [-0.15, -0.1) is 6.42 Å². The van der Waals surface area contributed by atoms with Gasteiger partial charge >= 0.3 is 12.1 Å². The molecule has 7 nitrogen and oxygen atoms in total. The molecule has 0 fully saturated rings. The third-order valence-corrected chi connectivity index (χ3v) is 5.70. The van der Waals surface area contributed by atoms with Crippen molar-refractivity contribution in [1.29, 1.82) is 0 Å². The summed E-state index contributed by atoms with van der Waals surface area (Å²) in [6.07, 6.45) is 6.42. The zero-order valence-corrected chi connectivity index (χ0v) is 18.6. The molecule has 2 aromatic carbocycles. The van der Waals surface area contributed by atoms with Crippen LogP contribution in [-0.4, -0.2) is 53.7 Å². The van der Waals surface area contributed by atoms with E-state index < -0.39 is 30.6 Å². The van der Waals surface area contributed by atoms with E-state index in [1.54, 1.807) is 0 Å². The fraction of sp³-hybridized carbons (Fsp3) is 0.346. The highest BCUT2D eigenvalue weighted by atomic mass is 16.5. The van der Waals surface area contributed by atoms with E-state index in [2.05, 4.69) is 23.4 Å². The zero-order chi connectivity index (χ0) is 23.8.